The number of amides is 2. The Bertz CT molecular complexity index is 215. The van der Waals surface area contributed by atoms with Crippen molar-refractivity contribution in [3.8, 4) is 0 Å². The Balaban J connectivity index is 0. The minimum atomic E-state index is 0.0544. The highest BCUT2D eigenvalue weighted by atomic mass is 16.2. The molecule has 1 saturated heterocycles. The van der Waals surface area contributed by atoms with Crippen molar-refractivity contribution in [2.45, 2.75) is 47.5 Å². The molecule has 0 aliphatic carbocycles. The van der Waals surface area contributed by atoms with Crippen LogP contribution >= 0.6 is 0 Å². The zero-order chi connectivity index (χ0) is 13.8. The van der Waals surface area contributed by atoms with Crippen molar-refractivity contribution in [2.24, 2.45) is 5.92 Å². The fourth-order valence-corrected chi connectivity index (χ4v) is 1.13. The molecule has 1 rings (SSSR count). The lowest BCUT2D eigenvalue weighted by Gasteiger charge is -2.03. The summed E-state index contributed by atoms with van der Waals surface area (Å²) >= 11 is 0. The van der Waals surface area contributed by atoms with Crippen LogP contribution in [0.15, 0.2) is 0 Å². The minimum Gasteiger partial charge on any atom is -0.356 e. The number of hydrogen-bond donors (Lipinski definition) is 1. The van der Waals surface area contributed by atoms with Crippen LogP contribution in [0.2, 0.25) is 0 Å². The van der Waals surface area contributed by atoms with Crippen molar-refractivity contribution in [3.05, 3.63) is 0 Å². The fourth-order valence-electron chi connectivity index (χ4n) is 1.13. The Morgan fingerprint density at radius 2 is 1.94 bits per heavy atom. The molecule has 1 N–H and O–H groups in total. The highest BCUT2D eigenvalue weighted by Crippen LogP contribution is 2.04. The van der Waals surface area contributed by atoms with Crippen LogP contribution in [0.25, 0.3) is 0 Å². The molecule has 1 aliphatic rings. The van der Waals surface area contributed by atoms with Crippen LogP contribution in [0.3, 0.4) is 0 Å². The summed E-state index contributed by atoms with van der Waals surface area (Å²) < 4.78 is 0. The molecular weight excluding hydrogens is 216 g/mol. The lowest BCUT2D eigenvalue weighted by molar-refractivity contribution is -0.126. The van der Waals surface area contributed by atoms with Gasteiger partial charge in [0.15, 0.2) is 0 Å². The Kier molecular flexibility index (Phi) is 12.3. The van der Waals surface area contributed by atoms with Gasteiger partial charge in [0.05, 0.1) is 0 Å². The van der Waals surface area contributed by atoms with Gasteiger partial charge in [-0.3, -0.25) is 9.59 Å². The van der Waals surface area contributed by atoms with E-state index in [1.165, 1.54) is 6.92 Å². The van der Waals surface area contributed by atoms with Crippen molar-refractivity contribution < 1.29 is 9.59 Å². The summed E-state index contributed by atoms with van der Waals surface area (Å²) in [5, 5.41) is 2.71. The summed E-state index contributed by atoms with van der Waals surface area (Å²) in [6.45, 7) is 11.4. The molecule has 102 valence electrons. The summed E-state index contributed by atoms with van der Waals surface area (Å²) in [5.74, 6) is 0.901. The van der Waals surface area contributed by atoms with Crippen LogP contribution in [0.1, 0.15) is 47.5 Å². The molecule has 1 heterocycles. The van der Waals surface area contributed by atoms with Crippen molar-refractivity contribution in [3.63, 3.8) is 0 Å². The number of hydrogen-bond acceptors (Lipinski definition) is 2. The standard InChI is InChI=1S/C6H13NO.C5H9NO.C2H6/c1-5(2)4-7-6(3)8;1-6-4-2-3-5(6)7;1-2/h5H,4H2,1-3H3,(H,7,8);2-4H2,1H3;1-2H3. The van der Waals surface area contributed by atoms with Gasteiger partial charge in [0, 0.05) is 33.5 Å². The van der Waals surface area contributed by atoms with E-state index in [2.05, 4.69) is 19.2 Å². The molecule has 0 unspecified atom stereocenters. The molecule has 0 aromatic carbocycles. The summed E-state index contributed by atoms with van der Waals surface area (Å²) in [4.78, 5) is 22.5. The molecule has 0 saturated carbocycles. The molecular formula is C13H28N2O2. The maximum atomic E-state index is 10.5. The van der Waals surface area contributed by atoms with Crippen molar-refractivity contribution >= 4 is 11.8 Å². The van der Waals surface area contributed by atoms with Crippen LogP contribution in [0.4, 0.5) is 0 Å². The highest BCUT2D eigenvalue weighted by Gasteiger charge is 2.14. The number of rotatable bonds is 2. The smallest absolute Gasteiger partial charge is 0.222 e. The Hall–Kier alpha value is -1.06. The lowest BCUT2D eigenvalue weighted by atomic mass is 10.2. The van der Waals surface area contributed by atoms with E-state index in [0.29, 0.717) is 11.8 Å². The van der Waals surface area contributed by atoms with Gasteiger partial charge in [0.25, 0.3) is 0 Å². The zero-order valence-corrected chi connectivity index (χ0v) is 12.2. The highest BCUT2D eigenvalue weighted by molar-refractivity contribution is 5.77. The second kappa shape index (κ2) is 11.4. The first-order valence-electron chi connectivity index (χ1n) is 6.42. The monoisotopic (exact) mass is 244 g/mol. The lowest BCUT2D eigenvalue weighted by Crippen LogP contribution is -2.24. The molecule has 1 fully saturated rings. The zero-order valence-electron chi connectivity index (χ0n) is 12.2. The normalized spacial score (nSPS) is 13.6. The SMILES string of the molecule is CC.CC(=O)NCC(C)C.CN1CCCC1=O. The second-order valence-electron chi connectivity index (χ2n) is 4.25. The minimum absolute atomic E-state index is 0.0544. The third-order valence-corrected chi connectivity index (χ3v) is 2.07. The average molecular weight is 244 g/mol. The fraction of sp³-hybridized carbons (Fsp3) is 0.846. The number of nitrogens with zero attached hydrogens (tertiary/aromatic N) is 1. The van der Waals surface area contributed by atoms with Crippen LogP contribution in [-0.4, -0.2) is 36.9 Å². The molecule has 0 aromatic rings. The third-order valence-electron chi connectivity index (χ3n) is 2.07. The second-order valence-corrected chi connectivity index (χ2v) is 4.25. The summed E-state index contributed by atoms with van der Waals surface area (Å²) in [7, 11) is 1.84. The van der Waals surface area contributed by atoms with Crippen molar-refractivity contribution in [2.75, 3.05) is 20.1 Å². The van der Waals surface area contributed by atoms with Gasteiger partial charge < -0.3 is 10.2 Å². The van der Waals surface area contributed by atoms with Gasteiger partial charge in [-0.15, -0.1) is 0 Å². The molecule has 2 amide bonds. The van der Waals surface area contributed by atoms with Gasteiger partial charge in [-0.1, -0.05) is 27.7 Å². The van der Waals surface area contributed by atoms with Crippen LogP contribution in [0.5, 0.6) is 0 Å². The predicted octanol–water partition coefficient (Wildman–Crippen LogP) is 2.04. The average Bonchev–Trinajstić information content (AvgIpc) is 2.64. The molecule has 17 heavy (non-hydrogen) atoms. The number of nitrogens with one attached hydrogen (secondary N) is 1. The quantitative estimate of drug-likeness (QED) is 0.808. The Morgan fingerprint density at radius 3 is 2.06 bits per heavy atom. The molecule has 0 radical (unpaired) electrons. The van der Waals surface area contributed by atoms with Gasteiger partial charge in [-0.05, 0) is 12.3 Å². The Labute approximate surface area is 106 Å². The number of carbonyl (C=O) groups excluding carboxylic acids is 2. The molecule has 4 heteroatoms. The molecule has 0 aromatic heterocycles. The van der Waals surface area contributed by atoms with Crippen LogP contribution in [0, 0.1) is 5.92 Å². The Morgan fingerprint density at radius 1 is 1.41 bits per heavy atom. The summed E-state index contributed by atoms with van der Waals surface area (Å²) in [6.07, 6.45) is 1.81. The molecule has 4 nitrogen and oxygen atoms in total. The van der Waals surface area contributed by atoms with E-state index < -0.39 is 0 Å². The number of likely N-dealkylation sites (tertiary alicyclic amines) is 1. The maximum absolute atomic E-state index is 10.5. The number of carbonyl (C=O) groups is 2. The van der Waals surface area contributed by atoms with Crippen molar-refractivity contribution in [1.82, 2.24) is 10.2 Å². The summed E-state index contributed by atoms with van der Waals surface area (Å²) in [6, 6.07) is 0. The van der Waals surface area contributed by atoms with Gasteiger partial charge in [-0.25, -0.2) is 0 Å². The van der Waals surface area contributed by atoms with Crippen molar-refractivity contribution in [1.29, 1.82) is 0 Å². The van der Waals surface area contributed by atoms with E-state index in [9.17, 15) is 9.59 Å². The molecule has 0 bridgehead atoms. The van der Waals surface area contributed by atoms with E-state index in [1.807, 2.05) is 20.9 Å². The predicted molar refractivity (Wildman–Crippen MR) is 71.7 cm³/mol. The summed E-state index contributed by atoms with van der Waals surface area (Å²) in [5.41, 5.74) is 0. The van der Waals surface area contributed by atoms with Gasteiger partial charge in [0.1, 0.15) is 0 Å². The maximum Gasteiger partial charge on any atom is 0.222 e. The van der Waals surface area contributed by atoms with Gasteiger partial charge >= 0.3 is 0 Å². The van der Waals surface area contributed by atoms with E-state index in [4.69, 9.17) is 0 Å². The first-order chi connectivity index (χ1) is 7.93. The van der Waals surface area contributed by atoms with E-state index in [-0.39, 0.29) is 5.91 Å². The van der Waals surface area contributed by atoms with E-state index in [1.54, 1.807) is 4.90 Å². The third kappa shape index (κ3) is 12.9. The molecule has 0 atom stereocenters. The molecule has 0 spiro atoms. The largest absolute Gasteiger partial charge is 0.356 e. The topological polar surface area (TPSA) is 49.4 Å². The van der Waals surface area contributed by atoms with E-state index >= 15 is 0 Å². The van der Waals surface area contributed by atoms with Gasteiger partial charge in [0.2, 0.25) is 11.8 Å². The molecule has 1 aliphatic heterocycles. The van der Waals surface area contributed by atoms with E-state index in [0.717, 1.165) is 25.9 Å². The first-order valence-corrected chi connectivity index (χ1v) is 6.42. The van der Waals surface area contributed by atoms with Crippen LogP contribution in [-0.2, 0) is 9.59 Å². The van der Waals surface area contributed by atoms with Crippen LogP contribution < -0.4 is 5.32 Å². The first kappa shape index (κ1) is 18.3. The van der Waals surface area contributed by atoms with Gasteiger partial charge in [-0.2, -0.15) is 0 Å².